The Hall–Kier alpha value is -0.840. The Bertz CT molecular complexity index is 606. The summed E-state index contributed by atoms with van der Waals surface area (Å²) in [6.07, 6.45) is 2.02. The SMILES string of the molecule is C=S(C)(=O)OC[C@@H](C[C@@H](C)COS(C)(=O)=O)NC(=O)OC(C)(C)C. The number of hydrogen-bond donors (Lipinski definition) is 1. The summed E-state index contributed by atoms with van der Waals surface area (Å²) in [5.74, 6) is 3.19. The average Bonchev–Trinajstić information content (AvgIpc) is 2.29. The number of ether oxygens (including phenoxy) is 1. The van der Waals surface area contributed by atoms with Crippen molar-refractivity contribution in [1.29, 1.82) is 0 Å². The van der Waals surface area contributed by atoms with Gasteiger partial charge in [0.15, 0.2) is 0 Å². The smallest absolute Gasteiger partial charge is 0.407 e. The molecule has 0 aromatic rings. The Labute approximate surface area is 145 Å². The molecular formula is C14H29NO7S2. The molecule has 0 aliphatic heterocycles. The first-order valence-corrected chi connectivity index (χ1v) is 11.3. The van der Waals surface area contributed by atoms with Crippen LogP contribution < -0.4 is 5.32 Å². The maximum absolute atomic E-state index is 11.9. The summed E-state index contributed by atoms with van der Waals surface area (Å²) >= 11 is 0. The number of alkyl carbamates (subject to hydrolysis) is 1. The van der Waals surface area contributed by atoms with Crippen molar-refractivity contribution >= 4 is 31.9 Å². The summed E-state index contributed by atoms with van der Waals surface area (Å²) in [5, 5.41) is 2.63. The number of nitrogens with one attached hydrogen (secondary N) is 1. The first kappa shape index (κ1) is 23.2. The molecular weight excluding hydrogens is 358 g/mol. The van der Waals surface area contributed by atoms with Crippen molar-refractivity contribution in [3.05, 3.63) is 0 Å². The zero-order valence-corrected chi connectivity index (χ0v) is 16.8. The van der Waals surface area contributed by atoms with Gasteiger partial charge < -0.3 is 10.1 Å². The summed E-state index contributed by atoms with van der Waals surface area (Å²) < 4.78 is 48.7. The van der Waals surface area contributed by atoms with Crippen molar-refractivity contribution in [2.45, 2.75) is 45.8 Å². The number of rotatable bonds is 9. The molecule has 10 heteroatoms. The minimum Gasteiger partial charge on any atom is -0.444 e. The van der Waals surface area contributed by atoms with Gasteiger partial charge in [0.25, 0.3) is 10.1 Å². The zero-order valence-electron chi connectivity index (χ0n) is 15.2. The number of hydrogen-bond acceptors (Lipinski definition) is 7. The fourth-order valence-electron chi connectivity index (χ4n) is 1.66. The van der Waals surface area contributed by atoms with Crippen LogP contribution in [0.4, 0.5) is 4.79 Å². The predicted molar refractivity (Wildman–Crippen MR) is 94.9 cm³/mol. The van der Waals surface area contributed by atoms with Crippen LogP contribution in [-0.2, 0) is 33.0 Å². The fraction of sp³-hybridized carbons (Fsp3) is 0.857. The molecule has 1 N–H and O–H groups in total. The van der Waals surface area contributed by atoms with Crippen LogP contribution in [0.25, 0.3) is 0 Å². The quantitative estimate of drug-likeness (QED) is 0.467. The normalized spacial score (nSPS) is 17.6. The molecule has 8 nitrogen and oxygen atoms in total. The lowest BCUT2D eigenvalue weighted by atomic mass is 10.0. The molecule has 0 saturated heterocycles. The topological polar surface area (TPSA) is 108 Å². The largest absolute Gasteiger partial charge is 0.444 e. The van der Waals surface area contributed by atoms with Crippen LogP contribution in [0.15, 0.2) is 0 Å². The standard InChI is InChI=1S/C14H29NO7S2/c1-11(9-21-24(7,18)19)8-12(10-20-23(5,6)17)15-13(16)22-14(2,3)4/h11-12H,5,8-10H2,1-4,6-7H3,(H,15,16)/t11-,12-,23?/m1/s1. The Balaban J connectivity index is 4.76. The van der Waals surface area contributed by atoms with Gasteiger partial charge in [0.1, 0.15) is 5.60 Å². The van der Waals surface area contributed by atoms with Crippen molar-refractivity contribution in [3.63, 3.8) is 0 Å². The molecule has 0 saturated carbocycles. The van der Waals surface area contributed by atoms with Gasteiger partial charge in [-0.25, -0.2) is 9.00 Å². The van der Waals surface area contributed by atoms with E-state index in [-0.39, 0.29) is 19.1 Å². The molecule has 0 bridgehead atoms. The van der Waals surface area contributed by atoms with Crippen molar-refractivity contribution in [1.82, 2.24) is 5.32 Å². The van der Waals surface area contributed by atoms with Gasteiger partial charge in [-0.05, 0) is 39.0 Å². The van der Waals surface area contributed by atoms with E-state index in [0.29, 0.717) is 6.42 Å². The van der Waals surface area contributed by atoms with E-state index >= 15 is 0 Å². The van der Waals surface area contributed by atoms with Crippen LogP contribution in [0.1, 0.15) is 34.1 Å². The molecule has 0 spiro atoms. The molecule has 0 fully saturated rings. The minimum absolute atomic E-state index is 0.0305. The van der Waals surface area contributed by atoms with Crippen LogP contribution in [0, 0.1) is 5.92 Å². The summed E-state index contributed by atoms with van der Waals surface area (Å²) in [7, 11) is -6.22. The third-order valence-electron chi connectivity index (χ3n) is 2.49. The zero-order chi connectivity index (χ0) is 19.2. The number of carbonyl (C=O) groups excluding carboxylic acids is 1. The second-order valence-corrected chi connectivity index (χ2v) is 10.6. The highest BCUT2D eigenvalue weighted by atomic mass is 32.2. The van der Waals surface area contributed by atoms with Crippen molar-refractivity contribution in [2.75, 3.05) is 25.7 Å². The Morgan fingerprint density at radius 2 is 1.67 bits per heavy atom. The number of carbonyl (C=O) groups is 1. The highest BCUT2D eigenvalue weighted by Gasteiger charge is 2.22. The third kappa shape index (κ3) is 14.7. The maximum atomic E-state index is 11.9. The van der Waals surface area contributed by atoms with Crippen LogP contribution in [0.5, 0.6) is 0 Å². The molecule has 0 aromatic heterocycles. The fourth-order valence-corrected chi connectivity index (χ4v) is 2.59. The maximum Gasteiger partial charge on any atom is 0.407 e. The number of amides is 1. The first-order chi connectivity index (χ1) is 10.6. The molecule has 1 unspecified atom stereocenters. The van der Waals surface area contributed by atoms with Crippen molar-refractivity contribution in [3.8, 4) is 0 Å². The van der Waals surface area contributed by atoms with Crippen LogP contribution >= 0.6 is 0 Å². The highest BCUT2D eigenvalue weighted by molar-refractivity contribution is 7.95. The van der Waals surface area contributed by atoms with E-state index in [2.05, 4.69) is 11.2 Å². The third-order valence-corrected chi connectivity index (χ3v) is 3.69. The van der Waals surface area contributed by atoms with E-state index < -0.39 is 37.7 Å². The molecule has 0 aromatic carbocycles. The molecule has 0 heterocycles. The lowest BCUT2D eigenvalue weighted by Crippen LogP contribution is -2.43. The summed E-state index contributed by atoms with van der Waals surface area (Å²) in [6.45, 7) is 6.89. The Kier molecular flexibility index (Phi) is 8.71. The van der Waals surface area contributed by atoms with Gasteiger partial charge in [0.05, 0.1) is 35.3 Å². The van der Waals surface area contributed by atoms with E-state index in [1.54, 1.807) is 27.7 Å². The van der Waals surface area contributed by atoms with Gasteiger partial charge in [-0.15, -0.1) is 0 Å². The molecule has 0 aliphatic carbocycles. The lowest BCUT2D eigenvalue weighted by Gasteiger charge is -2.25. The Morgan fingerprint density at radius 3 is 2.08 bits per heavy atom. The van der Waals surface area contributed by atoms with E-state index in [9.17, 15) is 17.4 Å². The van der Waals surface area contributed by atoms with Crippen molar-refractivity contribution < 1.29 is 30.5 Å². The van der Waals surface area contributed by atoms with Gasteiger partial charge in [-0.3, -0.25) is 8.37 Å². The second-order valence-electron chi connectivity index (χ2n) is 6.88. The van der Waals surface area contributed by atoms with E-state index in [4.69, 9.17) is 13.1 Å². The van der Waals surface area contributed by atoms with Gasteiger partial charge in [-0.2, -0.15) is 8.42 Å². The van der Waals surface area contributed by atoms with Crippen LogP contribution in [0.2, 0.25) is 0 Å². The van der Waals surface area contributed by atoms with E-state index in [0.717, 1.165) is 6.26 Å². The second kappa shape index (κ2) is 9.02. The van der Waals surface area contributed by atoms with Gasteiger partial charge in [0.2, 0.25) is 0 Å². The molecule has 0 rings (SSSR count). The van der Waals surface area contributed by atoms with E-state index in [1.807, 2.05) is 0 Å². The summed E-state index contributed by atoms with van der Waals surface area (Å²) in [4.78, 5) is 11.9. The van der Waals surface area contributed by atoms with Crippen molar-refractivity contribution in [2.24, 2.45) is 5.92 Å². The van der Waals surface area contributed by atoms with Crippen LogP contribution in [0.3, 0.4) is 0 Å². The molecule has 1 amide bonds. The minimum atomic E-state index is -3.54. The molecule has 0 aliphatic rings. The van der Waals surface area contributed by atoms with E-state index in [1.165, 1.54) is 6.26 Å². The monoisotopic (exact) mass is 387 g/mol. The van der Waals surface area contributed by atoms with Gasteiger partial charge in [0, 0.05) is 6.26 Å². The molecule has 0 radical (unpaired) electrons. The van der Waals surface area contributed by atoms with Gasteiger partial charge in [-0.1, -0.05) is 6.92 Å². The van der Waals surface area contributed by atoms with Gasteiger partial charge >= 0.3 is 6.09 Å². The molecule has 24 heavy (non-hydrogen) atoms. The molecule has 3 atom stereocenters. The molecule has 144 valence electrons. The van der Waals surface area contributed by atoms with Crippen LogP contribution in [-0.4, -0.2) is 62.0 Å². The first-order valence-electron chi connectivity index (χ1n) is 7.38. The Morgan fingerprint density at radius 1 is 1.12 bits per heavy atom. The summed E-state index contributed by atoms with van der Waals surface area (Å²) in [6, 6.07) is -0.527. The average molecular weight is 388 g/mol. The highest BCUT2D eigenvalue weighted by Crippen LogP contribution is 2.12. The predicted octanol–water partition coefficient (Wildman–Crippen LogP) is 1.16. The summed E-state index contributed by atoms with van der Waals surface area (Å²) in [5.41, 5.74) is -0.662. The lowest BCUT2D eigenvalue weighted by molar-refractivity contribution is 0.0477.